The number of nitrogens with one attached hydrogen (secondary N) is 7. The van der Waals surface area contributed by atoms with Crippen LogP contribution in [0.1, 0.15) is 83.8 Å². The van der Waals surface area contributed by atoms with E-state index in [2.05, 4.69) is 48.8 Å². The molecule has 78 heavy (non-hydrogen) atoms. The van der Waals surface area contributed by atoms with Crippen LogP contribution in [0.5, 0.6) is 0 Å². The number of aliphatic imine (C=N–C) groups is 1. The number of aliphatic carboxylic acids is 2. The Hall–Kier alpha value is -8.41. The maximum atomic E-state index is 14.5. The van der Waals surface area contributed by atoms with E-state index < -0.39 is 138 Å². The summed E-state index contributed by atoms with van der Waals surface area (Å²) >= 11 is 0. The van der Waals surface area contributed by atoms with Crippen LogP contribution >= 0.6 is 0 Å². The van der Waals surface area contributed by atoms with E-state index in [1.807, 2.05) is 43.3 Å². The molecule has 1 saturated heterocycles. The molecule has 13 N–H and O–H groups in total. The second kappa shape index (κ2) is 29.2. The van der Waals surface area contributed by atoms with E-state index in [-0.39, 0.29) is 37.4 Å². The number of likely N-dealkylation sites (N-methyl/N-ethyl adjacent to an activating group) is 1. The summed E-state index contributed by atoms with van der Waals surface area (Å²) in [5.41, 5.74) is 13.3. The number of guanidine groups is 1. The first-order valence-corrected chi connectivity index (χ1v) is 25.5. The van der Waals surface area contributed by atoms with Crippen molar-refractivity contribution >= 4 is 70.8 Å². The molecule has 4 rings (SSSR count). The van der Waals surface area contributed by atoms with Gasteiger partial charge in [-0.25, -0.2) is 9.59 Å². The number of anilines is 1. The van der Waals surface area contributed by atoms with Crippen molar-refractivity contribution in [1.29, 1.82) is 0 Å². The molecule has 2 aromatic rings. The first kappa shape index (κ1) is 62.1. The standard InChI is InChI=1S/C54H73N11O13/c1-28(25-29(2)42(78-8)26-34-15-10-9-11-16-34)20-21-37-30(3)45(67)62-40(52(74)75)22-23-43(66)65(7)33(6)48(70)58-32(5)47(69)63-41(27-36-35-17-12-13-18-38(35)60-49(36)71)51(73)64-44(53(76)77)31(4)46(68)61-39(50(72)59-37)19-14-24-57-54(55)56/h9-13,15-18,20-21,25,29-32,36-37,39-42,44H,6,14,19,22-24,26-27H2,1-5,7-8H3,(H,58,70)(H,59,72)(H,60,71)(H,61,68)(H,62,67)(H,63,69)(H,64,73)(H,74,75)(H,76,77)(H4,55,56,57)/b21-20+,28-25+/t29-,30-,31-,32+,36?,37-,39-,40+,41-,42-,44+/m0/s1. The number of carboxylic acid groups (broad SMARTS) is 2. The number of allylic oxidation sites excluding steroid dienone is 2. The van der Waals surface area contributed by atoms with Crippen LogP contribution in [0.2, 0.25) is 0 Å². The average Bonchev–Trinajstić information content (AvgIpc) is 3.73. The molecule has 24 nitrogen and oxygen atoms in total. The number of carboxylic acids is 2. The SMILES string of the molecule is C=C1C(=O)N[C@H](C)C(=O)N[C@@H](CC2C(=O)Nc3ccccc32)C(=O)N[C@@H](C(=O)O)[C@H](C)C(=O)N[C@@H](CCCN=C(N)N)C(=O)N[C@@H](/C=C/C(C)=C/[C@H](C)[C@H](Cc2ccccc2)OC)[C@H](C)C(=O)N[C@@H](C(=O)O)CCC(=O)N1C. The Morgan fingerprint density at radius 2 is 1.44 bits per heavy atom. The fraction of sp³-hybridized carbons (Fsp3) is 0.463. The van der Waals surface area contributed by atoms with E-state index in [9.17, 15) is 58.2 Å². The summed E-state index contributed by atoms with van der Waals surface area (Å²) in [5.74, 6) is -14.7. The van der Waals surface area contributed by atoms with E-state index in [1.165, 1.54) is 33.9 Å². The van der Waals surface area contributed by atoms with Gasteiger partial charge in [-0.15, -0.1) is 0 Å². The monoisotopic (exact) mass is 1080 g/mol. The number of fused-ring (bicyclic) bond motifs is 1. The van der Waals surface area contributed by atoms with E-state index >= 15 is 0 Å². The fourth-order valence-electron chi connectivity index (χ4n) is 8.73. The number of amides is 8. The van der Waals surface area contributed by atoms with Crippen LogP contribution in [-0.2, 0) is 59.1 Å². The summed E-state index contributed by atoms with van der Waals surface area (Å²) in [6, 6.07) is 6.82. The molecule has 2 aliphatic rings. The maximum Gasteiger partial charge on any atom is 0.327 e. The first-order chi connectivity index (χ1) is 36.8. The summed E-state index contributed by atoms with van der Waals surface area (Å²) in [6.45, 7) is 11.2. The van der Waals surface area contributed by atoms with Crippen LogP contribution in [-0.4, -0.2) is 143 Å². The van der Waals surface area contributed by atoms with Crippen molar-refractivity contribution < 1.29 is 62.9 Å². The topological polar surface area (TPSA) is 372 Å². The highest BCUT2D eigenvalue weighted by Gasteiger charge is 2.40. The fourth-order valence-corrected chi connectivity index (χ4v) is 8.73. The predicted molar refractivity (Wildman–Crippen MR) is 287 cm³/mol. The van der Waals surface area contributed by atoms with E-state index in [0.717, 1.165) is 10.5 Å². The van der Waals surface area contributed by atoms with Crippen molar-refractivity contribution in [3.05, 3.63) is 102 Å². The van der Waals surface area contributed by atoms with Crippen molar-refractivity contribution in [1.82, 2.24) is 36.8 Å². The third-order valence-corrected chi connectivity index (χ3v) is 13.6. The van der Waals surface area contributed by atoms with Crippen molar-refractivity contribution in [3.63, 3.8) is 0 Å². The number of hydrogen-bond acceptors (Lipinski definition) is 12. The molecule has 0 aromatic heterocycles. The number of nitrogens with two attached hydrogens (primary N) is 2. The molecule has 0 bridgehead atoms. The minimum Gasteiger partial charge on any atom is -0.480 e. The molecular weight excluding hydrogens is 1010 g/mol. The largest absolute Gasteiger partial charge is 0.480 e. The van der Waals surface area contributed by atoms with Crippen molar-refractivity contribution in [2.45, 2.75) is 121 Å². The van der Waals surface area contributed by atoms with Crippen molar-refractivity contribution in [2.24, 2.45) is 34.2 Å². The molecule has 8 amide bonds. The zero-order valence-corrected chi connectivity index (χ0v) is 44.9. The molecule has 24 heteroatoms. The van der Waals surface area contributed by atoms with Gasteiger partial charge in [-0.1, -0.05) is 99.7 Å². The van der Waals surface area contributed by atoms with Crippen molar-refractivity contribution in [3.8, 4) is 0 Å². The van der Waals surface area contributed by atoms with E-state index in [1.54, 1.807) is 44.4 Å². The molecule has 1 unspecified atom stereocenters. The van der Waals surface area contributed by atoms with E-state index in [0.29, 0.717) is 23.2 Å². The molecule has 2 heterocycles. The summed E-state index contributed by atoms with van der Waals surface area (Å²) in [7, 11) is 2.79. The summed E-state index contributed by atoms with van der Waals surface area (Å²) in [5, 5.41) is 38.4. The van der Waals surface area contributed by atoms with Gasteiger partial charge < -0.3 is 68.5 Å². The maximum absolute atomic E-state index is 14.5. The molecule has 1 fully saturated rings. The van der Waals surface area contributed by atoms with Gasteiger partial charge in [0, 0.05) is 38.7 Å². The number of ether oxygens (including phenoxy) is 1. The first-order valence-electron chi connectivity index (χ1n) is 25.5. The number of benzene rings is 2. The van der Waals surface area contributed by atoms with Gasteiger partial charge in [-0.2, -0.15) is 0 Å². The predicted octanol–water partition coefficient (Wildman–Crippen LogP) is 0.698. The number of para-hydroxylation sites is 1. The molecule has 2 aromatic carbocycles. The quantitative estimate of drug-likeness (QED) is 0.0385. The van der Waals surface area contributed by atoms with Crippen LogP contribution in [0.3, 0.4) is 0 Å². The van der Waals surface area contributed by atoms with E-state index in [4.69, 9.17) is 16.2 Å². The highest BCUT2D eigenvalue weighted by molar-refractivity contribution is 6.04. The van der Waals surface area contributed by atoms with Gasteiger partial charge in [0.05, 0.1) is 29.9 Å². The summed E-state index contributed by atoms with van der Waals surface area (Å²) in [6.07, 6.45) is 3.97. The third kappa shape index (κ3) is 17.8. The lowest BCUT2D eigenvalue weighted by Gasteiger charge is -2.29. The van der Waals surface area contributed by atoms with Gasteiger partial charge in [0.15, 0.2) is 5.96 Å². The Kier molecular flexibility index (Phi) is 23.3. The summed E-state index contributed by atoms with van der Waals surface area (Å²) in [4.78, 5) is 141. The third-order valence-electron chi connectivity index (χ3n) is 13.6. The summed E-state index contributed by atoms with van der Waals surface area (Å²) < 4.78 is 5.82. The molecular formula is C54H73N11O13. The molecule has 0 radical (unpaired) electrons. The van der Waals surface area contributed by atoms with Crippen molar-refractivity contribution in [2.75, 3.05) is 26.0 Å². The minimum atomic E-state index is -2.01. The molecule has 0 spiro atoms. The second-order valence-electron chi connectivity index (χ2n) is 19.5. The molecule has 0 saturated carbocycles. The zero-order valence-electron chi connectivity index (χ0n) is 44.9. The normalized spacial score (nSPS) is 25.6. The van der Waals surface area contributed by atoms with Gasteiger partial charge in [0.2, 0.25) is 41.4 Å². The van der Waals surface area contributed by atoms with Crippen LogP contribution in [0.25, 0.3) is 0 Å². The van der Waals surface area contributed by atoms with Crippen LogP contribution in [0.15, 0.2) is 95.7 Å². The van der Waals surface area contributed by atoms with Gasteiger partial charge in [-0.3, -0.25) is 43.3 Å². The van der Waals surface area contributed by atoms with Crippen LogP contribution in [0, 0.1) is 17.8 Å². The number of rotatable bonds is 15. The second-order valence-corrected chi connectivity index (χ2v) is 19.5. The van der Waals surface area contributed by atoms with Gasteiger partial charge in [0.1, 0.15) is 35.9 Å². The molecule has 2 aliphatic heterocycles. The Morgan fingerprint density at radius 1 is 0.808 bits per heavy atom. The highest BCUT2D eigenvalue weighted by atomic mass is 16.5. The molecule has 422 valence electrons. The van der Waals surface area contributed by atoms with Gasteiger partial charge in [-0.05, 0) is 63.1 Å². The lowest BCUT2D eigenvalue weighted by molar-refractivity contribution is -0.146. The lowest BCUT2D eigenvalue weighted by atomic mass is 9.92. The Morgan fingerprint density at radius 3 is 2.08 bits per heavy atom. The Bertz CT molecular complexity index is 2650. The Labute approximate surface area is 452 Å². The number of methoxy groups -OCH3 is 1. The average molecular weight is 1080 g/mol. The number of carbonyl (C=O) groups is 10. The lowest BCUT2D eigenvalue weighted by Crippen LogP contribution is -2.59. The van der Waals surface area contributed by atoms with Gasteiger partial charge >= 0.3 is 11.9 Å². The number of nitrogens with zero attached hydrogens (tertiary/aromatic N) is 2. The van der Waals surface area contributed by atoms with Gasteiger partial charge in [0.25, 0.3) is 5.91 Å². The minimum absolute atomic E-state index is 0.00964. The van der Waals surface area contributed by atoms with Crippen LogP contribution in [0.4, 0.5) is 5.69 Å². The number of carbonyl (C=O) groups excluding carboxylic acids is 8. The Balaban J connectivity index is 1.78. The smallest absolute Gasteiger partial charge is 0.327 e. The molecule has 0 aliphatic carbocycles. The molecule has 11 atom stereocenters. The number of hydrogen-bond donors (Lipinski definition) is 11. The highest BCUT2D eigenvalue weighted by Crippen LogP contribution is 2.35. The van der Waals surface area contributed by atoms with Crippen LogP contribution < -0.4 is 48.7 Å². The zero-order chi connectivity index (χ0) is 58.0.